The van der Waals surface area contributed by atoms with Gasteiger partial charge >= 0.3 is 0 Å². The van der Waals surface area contributed by atoms with Gasteiger partial charge in [-0.3, -0.25) is 9.59 Å². The number of nitrogens with one attached hydrogen (secondary N) is 1. The highest BCUT2D eigenvalue weighted by Crippen LogP contribution is 2.36. The molecule has 0 bridgehead atoms. The lowest BCUT2D eigenvalue weighted by molar-refractivity contribution is -0.116. The fourth-order valence-corrected chi connectivity index (χ4v) is 5.89. The molecule has 4 aromatic carbocycles. The maximum atomic E-state index is 13.4. The molecule has 0 aliphatic rings. The number of nitrogens with zero attached hydrogens (tertiary/aromatic N) is 1. The number of unbranched alkanes of at least 4 members (excludes halogenated alkanes) is 11. The summed E-state index contributed by atoms with van der Waals surface area (Å²) < 4.78 is 6.06. The Kier molecular flexibility index (Phi) is 14.0. The first-order chi connectivity index (χ1) is 22.5. The van der Waals surface area contributed by atoms with Crippen LogP contribution in [0.3, 0.4) is 0 Å². The Morgan fingerprint density at radius 3 is 2.00 bits per heavy atom. The predicted octanol–water partition coefficient (Wildman–Crippen LogP) is 10.4. The Balaban J connectivity index is 1.32. The third-order valence-corrected chi connectivity index (χ3v) is 8.50. The number of rotatable bonds is 19. The van der Waals surface area contributed by atoms with Gasteiger partial charge in [-0.2, -0.15) is 0 Å². The lowest BCUT2D eigenvalue weighted by Crippen LogP contribution is -2.28. The highest BCUT2D eigenvalue weighted by atomic mass is 16.5. The summed E-state index contributed by atoms with van der Waals surface area (Å²) in [6, 6.07) is 26.0. The van der Waals surface area contributed by atoms with Crippen molar-refractivity contribution in [3.63, 3.8) is 0 Å². The molecular formula is C40H50N2O4. The Labute approximate surface area is 274 Å². The van der Waals surface area contributed by atoms with Crippen molar-refractivity contribution in [3.8, 4) is 11.5 Å². The van der Waals surface area contributed by atoms with Gasteiger partial charge in [-0.15, -0.1) is 0 Å². The third-order valence-electron chi connectivity index (χ3n) is 8.50. The molecule has 4 rings (SSSR count). The van der Waals surface area contributed by atoms with E-state index in [1.165, 1.54) is 71.1 Å². The molecule has 0 aliphatic heterocycles. The lowest BCUT2D eigenvalue weighted by Gasteiger charge is -2.23. The molecule has 0 fully saturated rings. The van der Waals surface area contributed by atoms with E-state index in [9.17, 15) is 14.7 Å². The van der Waals surface area contributed by atoms with Crippen molar-refractivity contribution < 1.29 is 19.4 Å². The molecule has 0 aromatic heterocycles. The minimum absolute atomic E-state index is 0.113. The van der Waals surface area contributed by atoms with Crippen LogP contribution in [0.25, 0.3) is 10.8 Å². The van der Waals surface area contributed by atoms with Gasteiger partial charge in [0, 0.05) is 17.7 Å². The second-order valence-electron chi connectivity index (χ2n) is 12.1. The van der Waals surface area contributed by atoms with Crippen molar-refractivity contribution >= 4 is 34.0 Å². The number of phenolic OH excluding ortho intramolecular Hbond substituents is 1. The molecule has 0 spiro atoms. The van der Waals surface area contributed by atoms with E-state index < -0.39 is 5.91 Å². The van der Waals surface area contributed by atoms with Crippen molar-refractivity contribution in [2.45, 2.75) is 97.4 Å². The molecule has 0 radical (unpaired) electrons. The summed E-state index contributed by atoms with van der Waals surface area (Å²) in [5.41, 5.74) is 2.38. The second kappa shape index (κ2) is 18.6. The molecule has 6 nitrogen and oxygen atoms in total. The monoisotopic (exact) mass is 622 g/mol. The van der Waals surface area contributed by atoms with Gasteiger partial charge in [-0.25, -0.2) is 0 Å². The van der Waals surface area contributed by atoms with Crippen LogP contribution in [-0.4, -0.2) is 23.5 Å². The Morgan fingerprint density at radius 1 is 0.696 bits per heavy atom. The van der Waals surface area contributed by atoms with Crippen LogP contribution in [0.4, 0.5) is 11.4 Å². The zero-order chi connectivity index (χ0) is 32.6. The number of aromatic hydroxyl groups is 1. The molecule has 0 aliphatic carbocycles. The zero-order valence-electron chi connectivity index (χ0n) is 27.6. The molecule has 6 heteroatoms. The van der Waals surface area contributed by atoms with Gasteiger partial charge in [0.25, 0.3) is 5.91 Å². The number of hydrogen-bond donors (Lipinski definition) is 2. The Morgan fingerprint density at radius 2 is 1.33 bits per heavy atom. The third kappa shape index (κ3) is 10.1. The van der Waals surface area contributed by atoms with Gasteiger partial charge in [-0.1, -0.05) is 138 Å². The average molecular weight is 623 g/mol. The smallest absolute Gasteiger partial charge is 0.259 e. The van der Waals surface area contributed by atoms with E-state index >= 15 is 0 Å². The van der Waals surface area contributed by atoms with Crippen molar-refractivity contribution in [1.29, 1.82) is 0 Å². The fraction of sp³-hybridized carbons (Fsp3) is 0.400. The number of carbonyl (C=O) groups is 2. The van der Waals surface area contributed by atoms with Crippen LogP contribution in [0.2, 0.25) is 0 Å². The van der Waals surface area contributed by atoms with E-state index in [1.54, 1.807) is 35.2 Å². The number of carbonyl (C=O) groups excluding carboxylic acids is 2. The molecule has 0 heterocycles. The van der Waals surface area contributed by atoms with Gasteiger partial charge in [0.05, 0.1) is 30.1 Å². The summed E-state index contributed by atoms with van der Waals surface area (Å²) in [4.78, 5) is 27.8. The number of benzene rings is 4. The largest absolute Gasteiger partial charge is 0.506 e. The predicted molar refractivity (Wildman–Crippen MR) is 190 cm³/mol. The number of phenols is 1. The average Bonchev–Trinajstić information content (AvgIpc) is 3.07. The van der Waals surface area contributed by atoms with Crippen LogP contribution in [-0.2, 0) is 11.3 Å². The first kappa shape index (κ1) is 34.6. The summed E-state index contributed by atoms with van der Waals surface area (Å²) in [6.45, 7) is 4.77. The number of hydrogen-bond acceptors (Lipinski definition) is 4. The molecule has 0 saturated heterocycles. The highest BCUT2D eigenvalue weighted by molar-refractivity contribution is 6.13. The van der Waals surface area contributed by atoms with Crippen molar-refractivity contribution in [2.24, 2.45) is 0 Å². The van der Waals surface area contributed by atoms with Crippen LogP contribution in [0.15, 0.2) is 84.9 Å². The molecule has 0 unspecified atom stereocenters. The summed E-state index contributed by atoms with van der Waals surface area (Å²) >= 11 is 0. The minimum Gasteiger partial charge on any atom is -0.506 e. The van der Waals surface area contributed by atoms with Crippen molar-refractivity contribution in [2.75, 3.05) is 16.8 Å². The van der Waals surface area contributed by atoms with Gasteiger partial charge in [0.2, 0.25) is 5.91 Å². The van der Waals surface area contributed by atoms with Gasteiger partial charge in [-0.05, 0) is 36.2 Å². The van der Waals surface area contributed by atoms with Crippen LogP contribution in [0.5, 0.6) is 11.5 Å². The second-order valence-corrected chi connectivity index (χ2v) is 12.1. The standard InChI is InChI=1S/C40H50N2O4/c1-3-4-5-6-7-8-9-10-11-12-13-19-29-46-38-26-18-17-24-36(38)41-40(45)35-28-27-33-34(39(35)44)23-20-25-37(33)42(31(2)43)30-32-21-15-14-16-22-32/h14-18,20-28,44H,3-13,19,29-30H2,1-2H3,(H,41,45). The molecule has 46 heavy (non-hydrogen) atoms. The molecule has 2 amide bonds. The van der Waals surface area contributed by atoms with E-state index in [2.05, 4.69) is 12.2 Å². The first-order valence-corrected chi connectivity index (χ1v) is 17.1. The van der Waals surface area contributed by atoms with Crippen molar-refractivity contribution in [1.82, 2.24) is 0 Å². The van der Waals surface area contributed by atoms with E-state index in [4.69, 9.17) is 4.74 Å². The summed E-state index contributed by atoms with van der Waals surface area (Å²) in [5, 5.41) is 15.4. The molecular weight excluding hydrogens is 572 g/mol. The molecule has 4 aromatic rings. The van der Waals surface area contributed by atoms with Gasteiger partial charge < -0.3 is 20.1 Å². The number of anilines is 2. The molecule has 0 atom stereocenters. The SMILES string of the molecule is CCCCCCCCCCCCCCOc1ccccc1NC(=O)c1ccc2c(N(Cc3ccccc3)C(C)=O)cccc2c1O. The molecule has 244 valence electrons. The van der Waals surface area contributed by atoms with Gasteiger partial charge in [0.1, 0.15) is 11.5 Å². The summed E-state index contributed by atoms with van der Waals surface area (Å²) in [6.07, 6.45) is 15.4. The summed E-state index contributed by atoms with van der Waals surface area (Å²) in [5.74, 6) is -0.0638. The quantitative estimate of drug-likeness (QED) is 0.102. The van der Waals surface area contributed by atoms with Crippen LogP contribution < -0.4 is 15.0 Å². The van der Waals surface area contributed by atoms with Crippen LogP contribution in [0.1, 0.15) is 107 Å². The number of para-hydroxylation sites is 2. The minimum atomic E-state index is -0.432. The zero-order valence-corrected chi connectivity index (χ0v) is 27.6. The van der Waals surface area contributed by atoms with E-state index in [0.29, 0.717) is 41.0 Å². The Hall–Kier alpha value is -4.32. The fourth-order valence-electron chi connectivity index (χ4n) is 5.89. The maximum absolute atomic E-state index is 13.4. The first-order valence-electron chi connectivity index (χ1n) is 17.1. The maximum Gasteiger partial charge on any atom is 0.259 e. The van der Waals surface area contributed by atoms with Crippen LogP contribution in [0, 0.1) is 0 Å². The Bertz CT molecular complexity index is 1540. The van der Waals surface area contributed by atoms with E-state index in [0.717, 1.165) is 18.4 Å². The van der Waals surface area contributed by atoms with Crippen LogP contribution >= 0.6 is 0 Å². The van der Waals surface area contributed by atoms with E-state index in [-0.39, 0.29) is 17.2 Å². The van der Waals surface area contributed by atoms with Crippen molar-refractivity contribution in [3.05, 3.63) is 96.1 Å². The van der Waals surface area contributed by atoms with E-state index in [1.807, 2.05) is 54.6 Å². The molecule has 2 N–H and O–H groups in total. The topological polar surface area (TPSA) is 78.9 Å². The normalized spacial score (nSPS) is 11.0. The number of fused-ring (bicyclic) bond motifs is 1. The molecule has 0 saturated carbocycles. The lowest BCUT2D eigenvalue weighted by atomic mass is 10.0. The number of ether oxygens (including phenoxy) is 1. The summed E-state index contributed by atoms with van der Waals surface area (Å²) in [7, 11) is 0. The number of amides is 2. The van der Waals surface area contributed by atoms with Gasteiger partial charge in [0.15, 0.2) is 0 Å². The highest BCUT2D eigenvalue weighted by Gasteiger charge is 2.20.